The molecule has 0 radical (unpaired) electrons. The fourth-order valence-electron chi connectivity index (χ4n) is 1.01. The molecule has 0 aliphatic rings. The van der Waals surface area contributed by atoms with Crippen LogP contribution in [0.2, 0.25) is 0 Å². The Morgan fingerprint density at radius 2 is 1.62 bits per heavy atom. The molecule has 1 atom stereocenters. The summed E-state index contributed by atoms with van der Waals surface area (Å²) in [5, 5.41) is 8.67. The molecule has 8 heteroatoms. The second-order valence-electron chi connectivity index (χ2n) is 2.94. The van der Waals surface area contributed by atoms with Gasteiger partial charge in [0.15, 0.2) is 17.4 Å². The molecule has 0 amide bonds. The van der Waals surface area contributed by atoms with Gasteiger partial charge in [0, 0.05) is 5.56 Å². The summed E-state index contributed by atoms with van der Waals surface area (Å²) >= 11 is 0. The van der Waals surface area contributed by atoms with Crippen molar-refractivity contribution in [1.29, 1.82) is 0 Å². The van der Waals surface area contributed by atoms with Crippen LogP contribution in [-0.4, -0.2) is 11.3 Å². The summed E-state index contributed by atoms with van der Waals surface area (Å²) in [4.78, 5) is 0. The minimum Gasteiger partial charge on any atom is -0.503 e. The lowest BCUT2D eigenvalue weighted by atomic mass is 10.1. The third-order valence-electron chi connectivity index (χ3n) is 1.85. The molecule has 90 valence electrons. The van der Waals surface area contributed by atoms with Gasteiger partial charge in [0.1, 0.15) is 6.04 Å². The second-order valence-corrected chi connectivity index (χ2v) is 2.94. The average molecular weight is 245 g/mol. The monoisotopic (exact) mass is 245 g/mol. The van der Waals surface area contributed by atoms with Gasteiger partial charge in [-0.3, -0.25) is 0 Å². The third kappa shape index (κ3) is 2.06. The molecule has 1 aromatic rings. The van der Waals surface area contributed by atoms with Crippen LogP contribution >= 0.6 is 0 Å². The van der Waals surface area contributed by atoms with Gasteiger partial charge in [-0.1, -0.05) is 0 Å². The zero-order chi connectivity index (χ0) is 12.7. The number of hydrogen-bond donors (Lipinski definition) is 2. The molecule has 0 spiro atoms. The van der Waals surface area contributed by atoms with E-state index in [1.54, 1.807) is 0 Å². The van der Waals surface area contributed by atoms with E-state index >= 15 is 0 Å². The van der Waals surface area contributed by atoms with Crippen molar-refractivity contribution >= 4 is 0 Å². The van der Waals surface area contributed by atoms with Crippen LogP contribution in [0, 0.1) is 17.5 Å². The van der Waals surface area contributed by atoms with Crippen molar-refractivity contribution in [2.24, 2.45) is 5.73 Å². The van der Waals surface area contributed by atoms with E-state index in [1.165, 1.54) is 0 Å². The van der Waals surface area contributed by atoms with Crippen LogP contribution in [0.4, 0.5) is 26.3 Å². The molecule has 0 aromatic heterocycles. The zero-order valence-corrected chi connectivity index (χ0v) is 7.45. The molecule has 3 N–H and O–H groups in total. The van der Waals surface area contributed by atoms with Gasteiger partial charge in [-0.15, -0.1) is 0 Å². The van der Waals surface area contributed by atoms with Crippen molar-refractivity contribution in [2.75, 3.05) is 0 Å². The van der Waals surface area contributed by atoms with Gasteiger partial charge in [0.2, 0.25) is 5.82 Å². The van der Waals surface area contributed by atoms with E-state index in [0.717, 1.165) is 0 Å². The number of hydrogen-bond acceptors (Lipinski definition) is 2. The van der Waals surface area contributed by atoms with Gasteiger partial charge in [0.05, 0.1) is 0 Å². The first kappa shape index (κ1) is 12.6. The lowest BCUT2D eigenvalue weighted by Crippen LogP contribution is -2.29. The minimum absolute atomic E-state index is 0.0391. The largest absolute Gasteiger partial charge is 0.503 e. The molecule has 2 nitrogen and oxygen atoms in total. The molecule has 0 aliphatic carbocycles. The van der Waals surface area contributed by atoms with Crippen molar-refractivity contribution in [3.8, 4) is 5.75 Å². The van der Waals surface area contributed by atoms with Crippen molar-refractivity contribution in [3.05, 3.63) is 29.1 Å². The number of phenolic OH excluding ortho intramolecular Hbond substituents is 1. The van der Waals surface area contributed by atoms with E-state index in [9.17, 15) is 26.3 Å². The van der Waals surface area contributed by atoms with Crippen molar-refractivity contribution in [3.63, 3.8) is 0 Å². The Kier molecular flexibility index (Phi) is 3.04. The van der Waals surface area contributed by atoms with Crippen molar-refractivity contribution < 1.29 is 31.4 Å². The van der Waals surface area contributed by atoms with E-state index in [2.05, 4.69) is 5.73 Å². The first-order chi connectivity index (χ1) is 7.16. The Balaban J connectivity index is 3.36. The molecular weight excluding hydrogens is 240 g/mol. The van der Waals surface area contributed by atoms with Gasteiger partial charge in [0.25, 0.3) is 0 Å². The Bertz CT molecular complexity index is 416. The minimum atomic E-state index is -5.03. The van der Waals surface area contributed by atoms with Crippen LogP contribution in [0.3, 0.4) is 0 Å². The molecule has 0 fully saturated rings. The summed E-state index contributed by atoms with van der Waals surface area (Å²) in [6, 6.07) is -2.88. The number of halogens is 6. The van der Waals surface area contributed by atoms with E-state index < -0.39 is 41.0 Å². The van der Waals surface area contributed by atoms with Crippen molar-refractivity contribution in [2.45, 2.75) is 12.2 Å². The number of nitrogens with two attached hydrogens (primary N) is 1. The molecule has 0 bridgehead atoms. The SMILES string of the molecule is N[C@@H](c1cc(F)c(F)c(O)c1F)C(F)(F)F. The smallest absolute Gasteiger partial charge is 0.407 e. The van der Waals surface area contributed by atoms with E-state index in [0.29, 0.717) is 0 Å². The summed E-state index contributed by atoms with van der Waals surface area (Å²) in [5.74, 6) is -7.53. The summed E-state index contributed by atoms with van der Waals surface area (Å²) in [6.45, 7) is 0. The van der Waals surface area contributed by atoms with Crippen molar-refractivity contribution in [1.82, 2.24) is 0 Å². The maximum Gasteiger partial charge on any atom is 0.407 e. The summed E-state index contributed by atoms with van der Waals surface area (Å²) in [7, 11) is 0. The second kappa shape index (κ2) is 3.85. The number of aromatic hydroxyl groups is 1. The number of phenols is 1. The predicted octanol–water partition coefficient (Wildman–Crippen LogP) is 2.37. The molecule has 1 rings (SSSR count). The Morgan fingerprint density at radius 1 is 1.12 bits per heavy atom. The molecular formula is C8H5F6NO. The Hall–Kier alpha value is -1.44. The third-order valence-corrected chi connectivity index (χ3v) is 1.85. The maximum absolute atomic E-state index is 13.0. The van der Waals surface area contributed by atoms with Crippen LogP contribution < -0.4 is 5.73 Å². The van der Waals surface area contributed by atoms with Gasteiger partial charge >= 0.3 is 6.18 Å². The first-order valence-electron chi connectivity index (χ1n) is 3.85. The lowest BCUT2D eigenvalue weighted by Gasteiger charge is -2.17. The van der Waals surface area contributed by atoms with Crippen LogP contribution in [-0.2, 0) is 0 Å². The fraction of sp³-hybridized carbons (Fsp3) is 0.250. The van der Waals surface area contributed by atoms with Crippen LogP contribution in [0.25, 0.3) is 0 Å². The standard InChI is InChI=1S/C8H5F6NO/c9-3-1-2(7(15)8(12,13)14)4(10)6(16)5(3)11/h1,7,16H,15H2/t7-/m0/s1. The van der Waals surface area contributed by atoms with Gasteiger partial charge < -0.3 is 10.8 Å². The Labute approximate surface area is 85.3 Å². The van der Waals surface area contributed by atoms with Crippen LogP contribution in [0.5, 0.6) is 5.75 Å². The van der Waals surface area contributed by atoms with Gasteiger partial charge in [-0.25, -0.2) is 8.78 Å². The van der Waals surface area contributed by atoms with Crippen LogP contribution in [0.15, 0.2) is 6.07 Å². The lowest BCUT2D eigenvalue weighted by molar-refractivity contribution is -0.149. The predicted molar refractivity (Wildman–Crippen MR) is 41.0 cm³/mol. The topological polar surface area (TPSA) is 46.2 Å². The van der Waals surface area contributed by atoms with Gasteiger partial charge in [-0.2, -0.15) is 17.6 Å². The highest BCUT2D eigenvalue weighted by Crippen LogP contribution is 2.35. The first-order valence-corrected chi connectivity index (χ1v) is 3.85. The number of benzene rings is 1. The highest BCUT2D eigenvalue weighted by molar-refractivity contribution is 5.34. The highest BCUT2D eigenvalue weighted by Gasteiger charge is 2.40. The zero-order valence-electron chi connectivity index (χ0n) is 7.45. The molecule has 0 aliphatic heterocycles. The number of alkyl halides is 3. The highest BCUT2D eigenvalue weighted by atomic mass is 19.4. The molecule has 0 saturated heterocycles. The van der Waals surface area contributed by atoms with E-state index in [4.69, 9.17) is 5.11 Å². The molecule has 0 unspecified atom stereocenters. The molecule has 0 saturated carbocycles. The summed E-state index contributed by atoms with van der Waals surface area (Å²) < 4.78 is 74.4. The van der Waals surface area contributed by atoms with E-state index in [1.807, 2.05) is 0 Å². The van der Waals surface area contributed by atoms with Gasteiger partial charge in [-0.05, 0) is 6.07 Å². The summed E-state index contributed by atoms with van der Waals surface area (Å²) in [6.07, 6.45) is -5.03. The molecule has 1 aromatic carbocycles. The summed E-state index contributed by atoms with van der Waals surface area (Å²) in [5.41, 5.74) is 3.24. The Morgan fingerprint density at radius 3 is 2.06 bits per heavy atom. The average Bonchev–Trinajstić information content (AvgIpc) is 2.18. The quantitative estimate of drug-likeness (QED) is 0.589. The van der Waals surface area contributed by atoms with Crippen LogP contribution in [0.1, 0.15) is 11.6 Å². The normalized spacial score (nSPS) is 13.9. The maximum atomic E-state index is 13.0. The van der Waals surface area contributed by atoms with E-state index in [-0.39, 0.29) is 6.07 Å². The molecule has 16 heavy (non-hydrogen) atoms. The fourth-order valence-corrected chi connectivity index (χ4v) is 1.01. The molecule has 0 heterocycles. The number of rotatable bonds is 1.